The van der Waals surface area contributed by atoms with Crippen LogP contribution in [0.2, 0.25) is 0 Å². The van der Waals surface area contributed by atoms with Gasteiger partial charge in [-0.3, -0.25) is 43.3 Å². The standard InChI is InChI=1S/C63H93N9O19/c1-13-35(6)50(44(88-11)30-48(76)70-27-17-20-41(70)55(89-12)36(7)57(80)67-40(61(84)85)28-37-18-15-14-16-19-37)69(8)60(83)49(33(2)3)68-59(82)51(34(4)5)72(9,10)32-38-21-22-43(90-63-54(79)52(77)53(78)56(91-63)62(86)87)39(29-38)66-45(73)25-26-65-58(81)42(31-64)71-46(74)23-24-47(71)75/h14-16,18-19,21-24,29,33-36,40-42,44,49-56,63,77-79H,13,17,20,25-28,30-32,64H2,1-12H3,(H5-,65,66,67,68,73,80,81,82,84,85,86,87)/p+1/t35-,36+,40-,41?,42?,44+,49?,50-,51?,52-,53-,54+,55+,56-,63+/m0/s1. The Kier molecular flexibility index (Phi) is 27.1. The van der Waals surface area contributed by atoms with E-state index < -0.39 is 157 Å². The molecule has 3 aliphatic heterocycles. The minimum Gasteiger partial charge on any atom is -0.480 e. The number of anilines is 1. The first-order chi connectivity index (χ1) is 42.8. The SMILES string of the molecule is CC[C@H](C)[C@@H]([C@@H](CC(=O)N1CCCC1[C@H](OC)[C@@H](C)C(=O)N[C@@H](Cc1ccccc1)C(=O)O)OC)N(C)C(=O)C(NC(=O)C(C(C)C)[N+](C)(C)Cc1ccc(O[C@@H]2O[C@H](C(=O)O)[C@@H](O)[C@H](O)[C@H]2O)c(NC(=O)CCNC(=O)C(CN)N2C(=O)C=CC2=O)c1)C(C)C. The number of rotatable bonds is 33. The molecule has 91 heavy (non-hydrogen) atoms. The molecule has 2 aromatic carbocycles. The van der Waals surface area contributed by atoms with Crippen molar-refractivity contribution in [2.75, 3.05) is 60.3 Å². The maximum atomic E-state index is 15.0. The second-order valence-electron chi connectivity index (χ2n) is 24.9. The van der Waals surface area contributed by atoms with E-state index in [1.54, 1.807) is 77.1 Å². The number of aliphatic hydroxyl groups is 3. The first-order valence-corrected chi connectivity index (χ1v) is 30.7. The molecule has 0 radical (unpaired) electrons. The fraction of sp³-hybridized carbons (Fsp3) is 0.619. The van der Waals surface area contributed by atoms with Gasteiger partial charge in [0.15, 0.2) is 12.1 Å². The van der Waals surface area contributed by atoms with E-state index >= 15 is 4.79 Å². The molecule has 2 aromatic rings. The summed E-state index contributed by atoms with van der Waals surface area (Å²) in [5.74, 6) is -9.68. The maximum Gasteiger partial charge on any atom is 0.335 e. The van der Waals surface area contributed by atoms with Crippen LogP contribution in [0.25, 0.3) is 0 Å². The molecule has 0 aliphatic carbocycles. The van der Waals surface area contributed by atoms with Crippen LogP contribution in [0, 0.1) is 23.7 Å². The number of carbonyl (C=O) groups is 10. The van der Waals surface area contributed by atoms with Gasteiger partial charge in [0.2, 0.25) is 35.8 Å². The average molecular weight is 1280 g/mol. The van der Waals surface area contributed by atoms with E-state index in [1.165, 1.54) is 31.3 Å². The van der Waals surface area contributed by atoms with Crippen molar-refractivity contribution >= 4 is 64.9 Å². The van der Waals surface area contributed by atoms with Gasteiger partial charge in [-0.1, -0.05) is 85.2 Å². The summed E-state index contributed by atoms with van der Waals surface area (Å²) >= 11 is 0. The second kappa shape index (κ2) is 33.2. The summed E-state index contributed by atoms with van der Waals surface area (Å²) in [6, 6.07) is 7.66. The fourth-order valence-electron chi connectivity index (χ4n) is 12.5. The monoisotopic (exact) mass is 1280 g/mol. The number of amides is 8. The Hall–Kier alpha value is -7.44. The van der Waals surface area contributed by atoms with E-state index in [1.807, 2.05) is 33.8 Å². The highest BCUT2D eigenvalue weighted by molar-refractivity contribution is 6.15. The number of aliphatic carboxylic acids is 2. The second-order valence-corrected chi connectivity index (χ2v) is 24.9. The Morgan fingerprint density at radius 3 is 2.03 bits per heavy atom. The first-order valence-electron chi connectivity index (χ1n) is 30.7. The molecule has 8 amide bonds. The number of carboxylic acid groups (broad SMARTS) is 2. The lowest BCUT2D eigenvalue weighted by Crippen LogP contribution is -2.63. The topological polar surface area (TPSA) is 393 Å². The third-order valence-electron chi connectivity index (χ3n) is 17.3. The van der Waals surface area contributed by atoms with E-state index in [4.69, 9.17) is 24.7 Å². The summed E-state index contributed by atoms with van der Waals surface area (Å²) in [7, 11) is 8.12. The highest BCUT2D eigenvalue weighted by atomic mass is 16.7. The van der Waals surface area contributed by atoms with Crippen molar-refractivity contribution in [3.05, 3.63) is 71.8 Å². The van der Waals surface area contributed by atoms with E-state index in [-0.39, 0.29) is 59.6 Å². The number of imide groups is 1. The third kappa shape index (κ3) is 18.6. The molecule has 3 aliphatic rings. The lowest BCUT2D eigenvalue weighted by Gasteiger charge is -2.42. The number of ether oxygens (including phenoxy) is 4. The number of carboxylic acids is 2. The molecule has 5 rings (SSSR count). The molecule has 15 atom stereocenters. The first kappa shape index (κ1) is 74.3. The van der Waals surface area contributed by atoms with Crippen LogP contribution >= 0.6 is 0 Å². The average Bonchev–Trinajstić information content (AvgIpc) is 1.39. The van der Waals surface area contributed by atoms with Crippen LogP contribution in [-0.4, -0.2) is 238 Å². The van der Waals surface area contributed by atoms with Crippen molar-refractivity contribution in [3.8, 4) is 5.75 Å². The van der Waals surface area contributed by atoms with Crippen LogP contribution in [0.3, 0.4) is 0 Å². The zero-order valence-electron chi connectivity index (χ0n) is 54.0. The number of quaternary nitrogens is 1. The van der Waals surface area contributed by atoms with Crippen LogP contribution in [0.5, 0.6) is 5.75 Å². The highest BCUT2D eigenvalue weighted by Gasteiger charge is 2.49. The van der Waals surface area contributed by atoms with Crippen LogP contribution < -0.4 is 31.7 Å². The molecule has 11 N–H and O–H groups in total. The number of hydrogen-bond acceptors (Lipinski definition) is 18. The lowest BCUT2D eigenvalue weighted by molar-refractivity contribution is -0.922. The molecule has 504 valence electrons. The number of nitrogens with two attached hydrogens (primary N) is 1. The van der Waals surface area contributed by atoms with Crippen molar-refractivity contribution in [1.82, 2.24) is 30.7 Å². The molecular weight excluding hydrogens is 1190 g/mol. The number of benzene rings is 2. The van der Waals surface area contributed by atoms with Crippen LogP contribution in [0.15, 0.2) is 60.7 Å². The molecule has 28 nitrogen and oxygen atoms in total. The predicted octanol–water partition coefficient (Wildman–Crippen LogP) is 0.129. The zero-order valence-corrected chi connectivity index (χ0v) is 54.0. The number of nitrogens with one attached hydrogen (secondary N) is 4. The van der Waals surface area contributed by atoms with Gasteiger partial charge in [-0.25, -0.2) is 9.59 Å². The molecule has 28 heteroatoms. The molecule has 3 heterocycles. The number of likely N-dealkylation sites (tertiary alicyclic amines) is 1. The normalized spacial score (nSPS) is 22.3. The highest BCUT2D eigenvalue weighted by Crippen LogP contribution is 2.34. The van der Waals surface area contributed by atoms with E-state index in [9.17, 15) is 68.7 Å². The quantitative estimate of drug-likeness (QED) is 0.0335. The van der Waals surface area contributed by atoms with Crippen LogP contribution in [0.1, 0.15) is 91.7 Å². The summed E-state index contributed by atoms with van der Waals surface area (Å²) in [6.07, 6.45) is -8.36. The Morgan fingerprint density at radius 2 is 1.47 bits per heavy atom. The van der Waals surface area contributed by atoms with E-state index in [0.29, 0.717) is 36.3 Å². The summed E-state index contributed by atoms with van der Waals surface area (Å²) < 4.78 is 23.2. The van der Waals surface area contributed by atoms with Crippen LogP contribution in [-0.2, 0) is 75.1 Å². The van der Waals surface area contributed by atoms with Crippen LogP contribution in [0.4, 0.5) is 5.69 Å². The van der Waals surface area contributed by atoms with Gasteiger partial charge in [0.05, 0.1) is 56.4 Å². The van der Waals surface area contributed by atoms with Crippen molar-refractivity contribution in [1.29, 1.82) is 0 Å². The number of nitrogens with zero attached hydrogens (tertiary/aromatic N) is 4. The largest absolute Gasteiger partial charge is 0.480 e. The van der Waals surface area contributed by atoms with Gasteiger partial charge in [0, 0.05) is 77.4 Å². The van der Waals surface area contributed by atoms with E-state index in [2.05, 4.69) is 21.3 Å². The minimum atomic E-state index is -2.03. The Morgan fingerprint density at radius 1 is 0.824 bits per heavy atom. The van der Waals surface area contributed by atoms with Gasteiger partial charge in [-0.2, -0.15) is 0 Å². The molecular formula is C63H94N9O19+. The predicted molar refractivity (Wildman–Crippen MR) is 329 cm³/mol. The van der Waals surface area contributed by atoms with Gasteiger partial charge in [-0.15, -0.1) is 0 Å². The number of hydrogen-bond donors (Lipinski definition) is 10. The molecule has 0 bridgehead atoms. The summed E-state index contributed by atoms with van der Waals surface area (Å²) in [5.41, 5.74) is 6.90. The Balaban J connectivity index is 1.34. The number of methoxy groups -OCH3 is 2. The maximum absolute atomic E-state index is 15.0. The summed E-state index contributed by atoms with van der Waals surface area (Å²) in [4.78, 5) is 138. The van der Waals surface area contributed by atoms with Crippen molar-refractivity contribution in [2.24, 2.45) is 29.4 Å². The number of likely N-dealkylation sites (N-methyl/N-ethyl adjacent to an activating group) is 2. The Bertz CT molecular complexity index is 2910. The smallest absolute Gasteiger partial charge is 0.335 e. The number of carbonyl (C=O) groups excluding carboxylic acids is 8. The van der Waals surface area contributed by atoms with Gasteiger partial charge in [-0.05, 0) is 48.4 Å². The minimum absolute atomic E-state index is 0.0437. The van der Waals surface area contributed by atoms with Crippen molar-refractivity contribution in [3.63, 3.8) is 0 Å². The Labute approximate surface area is 530 Å². The zero-order chi connectivity index (χ0) is 67.9. The van der Waals surface area contributed by atoms with Gasteiger partial charge >= 0.3 is 11.9 Å². The molecule has 4 unspecified atom stereocenters. The lowest BCUT2D eigenvalue weighted by atomic mass is 9.89. The summed E-state index contributed by atoms with van der Waals surface area (Å²) in [5, 5.41) is 62.4. The molecule has 0 saturated carbocycles. The van der Waals surface area contributed by atoms with Gasteiger partial charge in [0.1, 0.15) is 48.7 Å². The molecule has 0 aromatic heterocycles. The van der Waals surface area contributed by atoms with Gasteiger partial charge in [0.25, 0.3) is 17.7 Å². The van der Waals surface area contributed by atoms with Crippen molar-refractivity contribution < 1.29 is 96.9 Å². The number of aliphatic hydroxyl groups excluding tert-OH is 3. The molecule has 2 fully saturated rings. The summed E-state index contributed by atoms with van der Waals surface area (Å²) in [6.45, 7) is 12.6. The third-order valence-corrected chi connectivity index (χ3v) is 17.3. The van der Waals surface area contributed by atoms with Gasteiger partial charge < -0.3 is 85.8 Å². The molecule has 2 saturated heterocycles. The molecule has 0 spiro atoms. The van der Waals surface area contributed by atoms with E-state index in [0.717, 1.165) is 17.7 Å². The van der Waals surface area contributed by atoms with Crippen molar-refractivity contribution in [2.45, 2.75) is 173 Å². The fourth-order valence-corrected chi connectivity index (χ4v) is 12.5.